The van der Waals surface area contributed by atoms with Crippen molar-refractivity contribution in [2.45, 2.75) is 51.8 Å². The van der Waals surface area contributed by atoms with Crippen LogP contribution in [0.25, 0.3) is 0 Å². The number of ether oxygens (including phenoxy) is 1. The van der Waals surface area contributed by atoms with Crippen molar-refractivity contribution in [3.05, 3.63) is 54.0 Å². The minimum atomic E-state index is -3.12. The minimum Gasteiger partial charge on any atom is -0.481 e. The van der Waals surface area contributed by atoms with Gasteiger partial charge < -0.3 is 14.1 Å². The fourth-order valence-electron chi connectivity index (χ4n) is 3.40. The van der Waals surface area contributed by atoms with E-state index in [4.69, 9.17) is 9.15 Å². The number of rotatable bonds is 7. The van der Waals surface area contributed by atoms with Gasteiger partial charge in [-0.1, -0.05) is 26.0 Å². The molecule has 0 radical (unpaired) electrons. The number of carbonyl (C=O) groups excluding carboxylic acids is 1. The van der Waals surface area contributed by atoms with Gasteiger partial charge in [-0.25, -0.2) is 8.42 Å². The van der Waals surface area contributed by atoms with E-state index in [1.165, 1.54) is 5.56 Å². The van der Waals surface area contributed by atoms with Crippen molar-refractivity contribution >= 4 is 15.7 Å². The maximum absolute atomic E-state index is 13.1. The standard InChI is InChI=1S/C21H27NO5S/c1-15(2)17-6-8-19(9-7-17)27-16(3)21(23)22(13-20-5-4-11-26-20)18-10-12-28(24,25)14-18/h4-9,11,15-16,18H,10,12-14H2,1-3H3. The Balaban J connectivity index is 1.73. The van der Waals surface area contributed by atoms with Crippen LogP contribution in [0.5, 0.6) is 5.75 Å². The highest BCUT2D eigenvalue weighted by molar-refractivity contribution is 7.91. The third-order valence-corrected chi connectivity index (χ3v) is 6.80. The molecule has 6 nitrogen and oxygen atoms in total. The largest absolute Gasteiger partial charge is 0.481 e. The lowest BCUT2D eigenvalue weighted by Crippen LogP contribution is -2.46. The van der Waals surface area contributed by atoms with Crippen LogP contribution in [0.2, 0.25) is 0 Å². The molecule has 0 aliphatic carbocycles. The first-order valence-corrected chi connectivity index (χ1v) is 11.4. The second kappa shape index (κ2) is 8.39. The van der Waals surface area contributed by atoms with Gasteiger partial charge in [0.15, 0.2) is 15.9 Å². The van der Waals surface area contributed by atoms with Crippen LogP contribution in [0.1, 0.15) is 44.4 Å². The zero-order valence-corrected chi connectivity index (χ0v) is 17.3. The number of benzene rings is 1. The van der Waals surface area contributed by atoms with Gasteiger partial charge in [0.05, 0.1) is 24.3 Å². The monoisotopic (exact) mass is 405 g/mol. The number of hydrogen-bond acceptors (Lipinski definition) is 5. The van der Waals surface area contributed by atoms with Crippen molar-refractivity contribution < 1.29 is 22.4 Å². The van der Waals surface area contributed by atoms with Crippen LogP contribution >= 0.6 is 0 Å². The van der Waals surface area contributed by atoms with Crippen molar-refractivity contribution in [1.29, 1.82) is 0 Å². The maximum Gasteiger partial charge on any atom is 0.264 e. The van der Waals surface area contributed by atoms with Gasteiger partial charge in [-0.3, -0.25) is 4.79 Å². The molecule has 28 heavy (non-hydrogen) atoms. The highest BCUT2D eigenvalue weighted by Gasteiger charge is 2.37. The van der Waals surface area contributed by atoms with Crippen LogP contribution in [0.3, 0.4) is 0 Å². The van der Waals surface area contributed by atoms with Crippen LogP contribution in [0.4, 0.5) is 0 Å². The summed E-state index contributed by atoms with van der Waals surface area (Å²) in [6.45, 7) is 6.15. The summed E-state index contributed by atoms with van der Waals surface area (Å²) in [4.78, 5) is 14.7. The predicted molar refractivity (Wildman–Crippen MR) is 107 cm³/mol. The van der Waals surface area contributed by atoms with Crippen LogP contribution in [-0.2, 0) is 21.2 Å². The van der Waals surface area contributed by atoms with Crippen molar-refractivity contribution in [3.63, 3.8) is 0 Å². The summed E-state index contributed by atoms with van der Waals surface area (Å²) in [7, 11) is -3.12. The number of furan rings is 1. The van der Waals surface area contributed by atoms with Crippen molar-refractivity contribution in [3.8, 4) is 5.75 Å². The Morgan fingerprint density at radius 1 is 1.21 bits per heavy atom. The van der Waals surface area contributed by atoms with Crippen LogP contribution < -0.4 is 4.74 Å². The second-order valence-electron chi connectivity index (χ2n) is 7.59. The first-order valence-electron chi connectivity index (χ1n) is 9.55. The topological polar surface area (TPSA) is 76.8 Å². The molecule has 1 fully saturated rings. The fourth-order valence-corrected chi connectivity index (χ4v) is 5.13. The van der Waals surface area contributed by atoms with Gasteiger partial charge in [-0.05, 0) is 49.1 Å². The smallest absolute Gasteiger partial charge is 0.264 e. The lowest BCUT2D eigenvalue weighted by molar-refractivity contribution is -0.140. The Hall–Kier alpha value is -2.28. The molecule has 1 aromatic heterocycles. The van der Waals surface area contributed by atoms with E-state index < -0.39 is 15.9 Å². The summed E-state index contributed by atoms with van der Waals surface area (Å²) in [5.74, 6) is 1.49. The zero-order chi connectivity index (χ0) is 20.3. The summed E-state index contributed by atoms with van der Waals surface area (Å²) in [5, 5.41) is 0. The van der Waals surface area contributed by atoms with E-state index in [1.807, 2.05) is 24.3 Å². The highest BCUT2D eigenvalue weighted by Crippen LogP contribution is 2.23. The summed E-state index contributed by atoms with van der Waals surface area (Å²) in [6.07, 6.45) is 1.24. The molecule has 2 atom stereocenters. The molecule has 1 aliphatic rings. The molecule has 2 aromatic rings. The predicted octanol–water partition coefficient (Wildman–Crippen LogP) is 3.39. The normalized spacial score (nSPS) is 19.5. The van der Waals surface area contributed by atoms with E-state index in [0.29, 0.717) is 23.8 Å². The Morgan fingerprint density at radius 2 is 1.93 bits per heavy atom. The summed E-state index contributed by atoms with van der Waals surface area (Å²) in [6, 6.07) is 10.9. The molecule has 1 aliphatic heterocycles. The molecule has 1 amide bonds. The van der Waals surface area contributed by atoms with E-state index in [-0.39, 0.29) is 30.0 Å². The summed E-state index contributed by atoms with van der Waals surface area (Å²) < 4.78 is 35.1. The van der Waals surface area contributed by atoms with E-state index >= 15 is 0 Å². The van der Waals surface area contributed by atoms with Crippen molar-refractivity contribution in [1.82, 2.24) is 4.90 Å². The molecule has 0 N–H and O–H groups in total. The molecule has 7 heteroatoms. The van der Waals surface area contributed by atoms with Gasteiger partial charge in [-0.15, -0.1) is 0 Å². The molecule has 0 saturated carbocycles. The lowest BCUT2D eigenvalue weighted by atomic mass is 10.0. The van der Waals surface area contributed by atoms with Gasteiger partial charge >= 0.3 is 0 Å². The van der Waals surface area contributed by atoms with Gasteiger partial charge in [0, 0.05) is 6.04 Å². The Bertz CT molecular complexity index is 887. The van der Waals surface area contributed by atoms with Gasteiger partial charge in [0.2, 0.25) is 0 Å². The average Bonchev–Trinajstić information content (AvgIpc) is 3.28. The quantitative estimate of drug-likeness (QED) is 0.706. The molecule has 1 saturated heterocycles. The summed E-state index contributed by atoms with van der Waals surface area (Å²) in [5.41, 5.74) is 1.20. The lowest BCUT2D eigenvalue weighted by Gasteiger charge is -2.30. The first kappa shape index (κ1) is 20.5. The molecular formula is C21H27NO5S. The average molecular weight is 406 g/mol. The van der Waals surface area contributed by atoms with Gasteiger partial charge in [-0.2, -0.15) is 0 Å². The van der Waals surface area contributed by atoms with Crippen LogP contribution in [-0.4, -0.2) is 42.9 Å². The first-order chi connectivity index (χ1) is 13.2. The number of hydrogen-bond donors (Lipinski definition) is 0. The third-order valence-electron chi connectivity index (χ3n) is 5.05. The SMILES string of the molecule is CC(Oc1ccc(C(C)C)cc1)C(=O)N(Cc1ccco1)C1CCS(=O)(=O)C1. The Morgan fingerprint density at radius 3 is 2.46 bits per heavy atom. The number of sulfone groups is 1. The van der Waals surface area contributed by atoms with E-state index in [0.717, 1.165) is 0 Å². The maximum atomic E-state index is 13.1. The molecule has 0 spiro atoms. The third kappa shape index (κ3) is 4.95. The van der Waals surface area contributed by atoms with Crippen LogP contribution in [0.15, 0.2) is 47.1 Å². The highest BCUT2D eigenvalue weighted by atomic mass is 32.2. The Labute approximate surface area is 166 Å². The Kier molecular flexibility index (Phi) is 6.13. The molecular weight excluding hydrogens is 378 g/mol. The molecule has 152 valence electrons. The van der Waals surface area contributed by atoms with Crippen molar-refractivity contribution in [2.75, 3.05) is 11.5 Å². The fraction of sp³-hybridized carbons (Fsp3) is 0.476. The van der Waals surface area contributed by atoms with Gasteiger partial charge in [0.25, 0.3) is 5.91 Å². The van der Waals surface area contributed by atoms with Gasteiger partial charge in [0.1, 0.15) is 11.5 Å². The van der Waals surface area contributed by atoms with E-state index in [2.05, 4.69) is 13.8 Å². The molecule has 1 aromatic carbocycles. The summed E-state index contributed by atoms with van der Waals surface area (Å²) >= 11 is 0. The molecule has 2 unspecified atom stereocenters. The van der Waals surface area contributed by atoms with E-state index in [1.54, 1.807) is 30.2 Å². The number of nitrogens with zero attached hydrogens (tertiary/aromatic N) is 1. The molecule has 0 bridgehead atoms. The zero-order valence-electron chi connectivity index (χ0n) is 16.5. The number of carbonyl (C=O) groups is 1. The second-order valence-corrected chi connectivity index (χ2v) is 9.81. The van der Waals surface area contributed by atoms with Crippen molar-refractivity contribution in [2.24, 2.45) is 0 Å². The number of amides is 1. The van der Waals surface area contributed by atoms with E-state index in [9.17, 15) is 13.2 Å². The minimum absolute atomic E-state index is 0.0186. The molecule has 3 rings (SSSR count). The van der Waals surface area contributed by atoms with Crippen LogP contribution in [0, 0.1) is 0 Å². The molecule has 2 heterocycles.